The second-order valence-corrected chi connectivity index (χ2v) is 4.66. The maximum atomic E-state index is 5.78. The smallest absolute Gasteiger partial charge is 0.122 e. The van der Waals surface area contributed by atoms with Crippen LogP contribution in [-0.2, 0) is 11.2 Å². The quantitative estimate of drug-likeness (QED) is 0.470. The van der Waals surface area contributed by atoms with E-state index in [1.54, 1.807) is 0 Å². The lowest BCUT2D eigenvalue weighted by molar-refractivity contribution is 0.132. The van der Waals surface area contributed by atoms with Gasteiger partial charge in [0.15, 0.2) is 0 Å². The first kappa shape index (κ1) is 16.7. The van der Waals surface area contributed by atoms with Crippen LogP contribution in [0.1, 0.15) is 25.3 Å². The highest BCUT2D eigenvalue weighted by molar-refractivity contribution is 5.34. The molecule has 3 nitrogen and oxygen atoms in total. The van der Waals surface area contributed by atoms with Gasteiger partial charge in [0, 0.05) is 19.7 Å². The molecule has 0 unspecified atom stereocenters. The summed E-state index contributed by atoms with van der Waals surface area (Å²) in [6.07, 6.45) is 5.07. The SMILES string of the molecule is C=CCc1ccccc1OCCNCCOCCCC. The Bertz CT molecular complexity index is 366. The average Bonchev–Trinajstić information content (AvgIpc) is 2.47. The molecule has 1 N–H and O–H groups in total. The molecule has 0 saturated heterocycles. The zero-order valence-corrected chi connectivity index (χ0v) is 12.6. The van der Waals surface area contributed by atoms with Crippen LogP contribution >= 0.6 is 0 Å². The molecule has 0 fully saturated rings. The fourth-order valence-corrected chi connectivity index (χ4v) is 1.82. The predicted molar refractivity (Wildman–Crippen MR) is 84.4 cm³/mol. The molecule has 0 aliphatic rings. The van der Waals surface area contributed by atoms with Crippen molar-refractivity contribution in [2.75, 3.05) is 32.9 Å². The largest absolute Gasteiger partial charge is 0.492 e. The van der Waals surface area contributed by atoms with Gasteiger partial charge in [-0.25, -0.2) is 0 Å². The van der Waals surface area contributed by atoms with E-state index in [9.17, 15) is 0 Å². The Hall–Kier alpha value is -1.32. The van der Waals surface area contributed by atoms with Gasteiger partial charge >= 0.3 is 0 Å². The van der Waals surface area contributed by atoms with E-state index in [2.05, 4.69) is 24.9 Å². The van der Waals surface area contributed by atoms with E-state index >= 15 is 0 Å². The van der Waals surface area contributed by atoms with E-state index in [1.165, 1.54) is 12.0 Å². The highest BCUT2D eigenvalue weighted by Crippen LogP contribution is 2.18. The maximum Gasteiger partial charge on any atom is 0.122 e. The van der Waals surface area contributed by atoms with Crippen LogP contribution in [0.2, 0.25) is 0 Å². The van der Waals surface area contributed by atoms with Gasteiger partial charge in [-0.15, -0.1) is 6.58 Å². The van der Waals surface area contributed by atoms with Crippen LogP contribution in [0.5, 0.6) is 5.75 Å². The molecule has 0 saturated carbocycles. The molecule has 0 aromatic heterocycles. The first-order valence-corrected chi connectivity index (χ1v) is 7.48. The third-order valence-corrected chi connectivity index (χ3v) is 2.94. The van der Waals surface area contributed by atoms with Gasteiger partial charge in [-0.05, 0) is 24.5 Å². The second kappa shape index (κ2) is 11.5. The number of hydrogen-bond acceptors (Lipinski definition) is 3. The maximum absolute atomic E-state index is 5.78. The van der Waals surface area contributed by atoms with Crippen LogP contribution in [0, 0.1) is 0 Å². The summed E-state index contributed by atoms with van der Waals surface area (Å²) < 4.78 is 11.3. The summed E-state index contributed by atoms with van der Waals surface area (Å²) in [4.78, 5) is 0. The topological polar surface area (TPSA) is 30.5 Å². The van der Waals surface area contributed by atoms with Gasteiger partial charge in [0.2, 0.25) is 0 Å². The normalized spacial score (nSPS) is 10.4. The number of rotatable bonds is 12. The van der Waals surface area contributed by atoms with E-state index in [1.807, 2.05) is 24.3 Å². The molecule has 0 spiro atoms. The highest BCUT2D eigenvalue weighted by Gasteiger charge is 2.00. The summed E-state index contributed by atoms with van der Waals surface area (Å²) in [5.74, 6) is 0.952. The lowest BCUT2D eigenvalue weighted by Gasteiger charge is -2.11. The van der Waals surface area contributed by atoms with Crippen LogP contribution in [0.15, 0.2) is 36.9 Å². The summed E-state index contributed by atoms with van der Waals surface area (Å²) in [5.41, 5.74) is 1.19. The summed E-state index contributed by atoms with van der Waals surface area (Å²) in [6, 6.07) is 8.10. The first-order valence-electron chi connectivity index (χ1n) is 7.48. The average molecular weight is 277 g/mol. The molecular weight excluding hydrogens is 250 g/mol. The number of allylic oxidation sites excluding steroid dienone is 1. The first-order chi connectivity index (χ1) is 9.88. The van der Waals surface area contributed by atoms with E-state index in [0.717, 1.165) is 44.9 Å². The number of ether oxygens (including phenoxy) is 2. The van der Waals surface area contributed by atoms with Gasteiger partial charge < -0.3 is 14.8 Å². The van der Waals surface area contributed by atoms with Crippen molar-refractivity contribution in [3.63, 3.8) is 0 Å². The van der Waals surface area contributed by atoms with Crippen LogP contribution in [0.4, 0.5) is 0 Å². The minimum absolute atomic E-state index is 0.670. The highest BCUT2D eigenvalue weighted by atomic mass is 16.5. The van der Waals surface area contributed by atoms with Crippen LogP contribution in [-0.4, -0.2) is 32.9 Å². The molecule has 0 heterocycles. The number of nitrogens with one attached hydrogen (secondary N) is 1. The minimum atomic E-state index is 0.670. The molecule has 0 aliphatic carbocycles. The van der Waals surface area contributed by atoms with Gasteiger partial charge in [-0.2, -0.15) is 0 Å². The molecule has 1 rings (SSSR count). The van der Waals surface area contributed by atoms with Gasteiger partial charge in [-0.3, -0.25) is 0 Å². The van der Waals surface area contributed by atoms with Crippen molar-refractivity contribution < 1.29 is 9.47 Å². The third-order valence-electron chi connectivity index (χ3n) is 2.94. The summed E-state index contributed by atoms with van der Waals surface area (Å²) in [5, 5.41) is 3.31. The standard InChI is InChI=1S/C17H27NO2/c1-3-5-13-19-14-11-18-12-15-20-17-10-7-6-9-16(17)8-4-2/h4,6-7,9-10,18H,2-3,5,8,11-15H2,1H3. The molecule has 1 aromatic carbocycles. The molecule has 0 amide bonds. The molecule has 0 bridgehead atoms. The van der Waals surface area contributed by atoms with Crippen LogP contribution in [0.25, 0.3) is 0 Å². The predicted octanol–water partition coefficient (Wildman–Crippen LogP) is 3.20. The molecule has 0 radical (unpaired) electrons. The zero-order chi connectivity index (χ0) is 14.5. The molecule has 20 heavy (non-hydrogen) atoms. The fraction of sp³-hybridized carbons (Fsp3) is 0.529. The summed E-state index contributed by atoms with van der Waals surface area (Å²) in [7, 11) is 0. The zero-order valence-electron chi connectivity index (χ0n) is 12.6. The Morgan fingerprint density at radius 1 is 1.15 bits per heavy atom. The van der Waals surface area contributed by atoms with E-state index < -0.39 is 0 Å². The van der Waals surface area contributed by atoms with Crippen LogP contribution in [0.3, 0.4) is 0 Å². The lowest BCUT2D eigenvalue weighted by atomic mass is 10.1. The Labute approximate surface area is 123 Å². The van der Waals surface area contributed by atoms with Gasteiger partial charge in [0.1, 0.15) is 12.4 Å². The number of hydrogen-bond donors (Lipinski definition) is 1. The molecule has 3 heteroatoms. The van der Waals surface area contributed by atoms with Gasteiger partial charge in [-0.1, -0.05) is 37.6 Å². The van der Waals surface area contributed by atoms with Gasteiger partial charge in [0.25, 0.3) is 0 Å². The van der Waals surface area contributed by atoms with Crippen molar-refractivity contribution in [1.82, 2.24) is 5.32 Å². The third kappa shape index (κ3) is 7.31. The molecular formula is C17H27NO2. The van der Waals surface area contributed by atoms with Gasteiger partial charge in [0.05, 0.1) is 6.61 Å². The van der Waals surface area contributed by atoms with Crippen molar-refractivity contribution in [2.24, 2.45) is 0 Å². The molecule has 1 aromatic rings. The Kier molecular flexibility index (Phi) is 9.62. The van der Waals surface area contributed by atoms with Crippen molar-refractivity contribution in [3.8, 4) is 5.75 Å². The molecule has 0 atom stereocenters. The number of benzene rings is 1. The minimum Gasteiger partial charge on any atom is -0.492 e. The van der Waals surface area contributed by atoms with E-state index in [4.69, 9.17) is 9.47 Å². The Morgan fingerprint density at radius 3 is 2.75 bits per heavy atom. The van der Waals surface area contributed by atoms with E-state index in [-0.39, 0.29) is 0 Å². The Morgan fingerprint density at radius 2 is 1.95 bits per heavy atom. The fourth-order valence-electron chi connectivity index (χ4n) is 1.82. The number of unbranched alkanes of at least 4 members (excludes halogenated alkanes) is 1. The van der Waals surface area contributed by atoms with Crippen LogP contribution < -0.4 is 10.1 Å². The van der Waals surface area contributed by atoms with Crippen molar-refractivity contribution >= 4 is 0 Å². The summed E-state index contributed by atoms with van der Waals surface area (Å²) >= 11 is 0. The molecule has 0 aliphatic heterocycles. The van der Waals surface area contributed by atoms with Crippen molar-refractivity contribution in [2.45, 2.75) is 26.2 Å². The lowest BCUT2D eigenvalue weighted by Crippen LogP contribution is -2.25. The van der Waals surface area contributed by atoms with Crippen molar-refractivity contribution in [1.29, 1.82) is 0 Å². The molecule has 112 valence electrons. The monoisotopic (exact) mass is 277 g/mol. The van der Waals surface area contributed by atoms with Crippen molar-refractivity contribution in [3.05, 3.63) is 42.5 Å². The Balaban J connectivity index is 2.08. The van der Waals surface area contributed by atoms with E-state index in [0.29, 0.717) is 6.61 Å². The number of para-hydroxylation sites is 1. The summed E-state index contributed by atoms with van der Waals surface area (Å²) in [6.45, 7) is 9.95. The second-order valence-electron chi connectivity index (χ2n) is 4.66.